The molecule has 2 N–H and O–H groups in total. The lowest BCUT2D eigenvalue weighted by atomic mass is 9.94. The first-order valence-corrected chi connectivity index (χ1v) is 7.69. The van der Waals surface area contributed by atoms with Crippen LogP contribution in [-0.2, 0) is 10.0 Å². The Labute approximate surface area is 109 Å². The van der Waals surface area contributed by atoms with Crippen LogP contribution in [0.3, 0.4) is 0 Å². The molecule has 1 aliphatic rings. The van der Waals surface area contributed by atoms with Gasteiger partial charge in [-0.15, -0.1) is 0 Å². The Balaban J connectivity index is 2.31. The summed E-state index contributed by atoms with van der Waals surface area (Å²) in [5, 5.41) is 0. The van der Waals surface area contributed by atoms with Gasteiger partial charge in [-0.25, -0.2) is 8.42 Å². The Morgan fingerprint density at radius 2 is 1.83 bits per heavy atom. The Morgan fingerprint density at radius 3 is 2.39 bits per heavy atom. The van der Waals surface area contributed by atoms with E-state index in [4.69, 9.17) is 5.73 Å². The molecule has 4 nitrogen and oxygen atoms in total. The van der Waals surface area contributed by atoms with Crippen molar-refractivity contribution in [2.24, 2.45) is 11.8 Å². The number of piperidine rings is 1. The number of nitrogen functional groups attached to an aromatic ring is 1. The summed E-state index contributed by atoms with van der Waals surface area (Å²) in [7, 11) is -3.40. The van der Waals surface area contributed by atoms with Crippen molar-refractivity contribution in [3.63, 3.8) is 0 Å². The molecule has 1 saturated heterocycles. The fourth-order valence-electron chi connectivity index (χ4n) is 2.63. The molecule has 1 aliphatic heterocycles. The molecule has 1 aromatic rings. The zero-order chi connectivity index (χ0) is 13.3. The van der Waals surface area contributed by atoms with Crippen molar-refractivity contribution in [1.82, 2.24) is 4.31 Å². The van der Waals surface area contributed by atoms with Gasteiger partial charge in [0.15, 0.2) is 0 Å². The van der Waals surface area contributed by atoms with Crippen molar-refractivity contribution >= 4 is 15.7 Å². The monoisotopic (exact) mass is 268 g/mol. The summed E-state index contributed by atoms with van der Waals surface area (Å²) in [5.41, 5.74) is 6.14. The number of benzene rings is 1. The third-order valence-corrected chi connectivity index (χ3v) is 5.16. The van der Waals surface area contributed by atoms with Gasteiger partial charge in [0.2, 0.25) is 10.0 Å². The van der Waals surface area contributed by atoms with Crippen LogP contribution in [0.1, 0.15) is 20.3 Å². The minimum absolute atomic E-state index is 0.295. The minimum atomic E-state index is -3.40. The quantitative estimate of drug-likeness (QED) is 0.834. The van der Waals surface area contributed by atoms with E-state index < -0.39 is 10.0 Å². The number of rotatable bonds is 2. The summed E-state index contributed by atoms with van der Waals surface area (Å²) in [6, 6.07) is 6.51. The Hall–Kier alpha value is -1.07. The van der Waals surface area contributed by atoms with Crippen molar-refractivity contribution in [3.05, 3.63) is 24.3 Å². The van der Waals surface area contributed by atoms with Crippen molar-refractivity contribution in [2.75, 3.05) is 18.8 Å². The highest BCUT2D eigenvalue weighted by molar-refractivity contribution is 7.89. The second-order valence-electron chi connectivity index (χ2n) is 5.34. The van der Waals surface area contributed by atoms with Gasteiger partial charge in [0.05, 0.1) is 4.90 Å². The SMILES string of the molecule is C[C@@H]1C[C@H](C)CN(S(=O)(=O)c2cccc(N)c2)C1. The average Bonchev–Trinajstić information content (AvgIpc) is 2.27. The van der Waals surface area contributed by atoms with E-state index >= 15 is 0 Å². The third kappa shape index (κ3) is 2.67. The molecule has 0 spiro atoms. The summed E-state index contributed by atoms with van der Waals surface area (Å²) >= 11 is 0. The van der Waals surface area contributed by atoms with Crippen LogP contribution in [0.2, 0.25) is 0 Å². The first-order valence-electron chi connectivity index (χ1n) is 6.25. The number of nitrogens with zero attached hydrogens (tertiary/aromatic N) is 1. The topological polar surface area (TPSA) is 63.4 Å². The maximum Gasteiger partial charge on any atom is 0.243 e. The largest absolute Gasteiger partial charge is 0.399 e. The molecule has 0 radical (unpaired) electrons. The Bertz CT molecular complexity index is 518. The van der Waals surface area contributed by atoms with Gasteiger partial charge >= 0.3 is 0 Å². The highest BCUT2D eigenvalue weighted by atomic mass is 32.2. The normalized spacial score (nSPS) is 26.1. The predicted molar refractivity (Wildman–Crippen MR) is 72.6 cm³/mol. The molecule has 1 fully saturated rings. The molecule has 0 bridgehead atoms. The number of nitrogens with two attached hydrogens (primary N) is 1. The number of sulfonamides is 1. The van der Waals surface area contributed by atoms with Crippen LogP contribution in [0.5, 0.6) is 0 Å². The molecule has 0 aromatic heterocycles. The first-order chi connectivity index (χ1) is 8.39. The van der Waals surface area contributed by atoms with E-state index in [0.717, 1.165) is 6.42 Å². The molecule has 1 aromatic carbocycles. The molecule has 0 aliphatic carbocycles. The molecule has 1 heterocycles. The summed E-state index contributed by atoms with van der Waals surface area (Å²) in [6.45, 7) is 5.39. The lowest BCUT2D eigenvalue weighted by Gasteiger charge is -2.34. The summed E-state index contributed by atoms with van der Waals surface area (Å²) in [4.78, 5) is 0.295. The second-order valence-corrected chi connectivity index (χ2v) is 7.28. The van der Waals surface area contributed by atoms with Crippen molar-refractivity contribution in [1.29, 1.82) is 0 Å². The number of hydrogen-bond acceptors (Lipinski definition) is 3. The van der Waals surface area contributed by atoms with Gasteiger partial charge in [-0.1, -0.05) is 19.9 Å². The number of anilines is 1. The zero-order valence-electron chi connectivity index (χ0n) is 10.8. The summed E-state index contributed by atoms with van der Waals surface area (Å²) < 4.78 is 26.6. The molecule has 2 atom stereocenters. The van der Waals surface area contributed by atoms with Gasteiger partial charge in [-0.2, -0.15) is 4.31 Å². The first kappa shape index (κ1) is 13.4. The van der Waals surface area contributed by atoms with E-state index in [0.29, 0.717) is 35.5 Å². The van der Waals surface area contributed by atoms with Gasteiger partial charge < -0.3 is 5.73 Å². The molecule has 2 rings (SSSR count). The van der Waals surface area contributed by atoms with Crippen LogP contribution in [0, 0.1) is 11.8 Å². The fraction of sp³-hybridized carbons (Fsp3) is 0.538. The Kier molecular flexibility index (Phi) is 3.64. The van der Waals surface area contributed by atoms with Crippen LogP contribution in [0.15, 0.2) is 29.2 Å². The van der Waals surface area contributed by atoms with Crippen molar-refractivity contribution < 1.29 is 8.42 Å². The van der Waals surface area contributed by atoms with Crippen LogP contribution in [0.4, 0.5) is 5.69 Å². The van der Waals surface area contributed by atoms with E-state index in [1.165, 1.54) is 6.07 Å². The molecule has 0 unspecified atom stereocenters. The maximum atomic E-state index is 12.5. The van der Waals surface area contributed by atoms with E-state index in [-0.39, 0.29) is 0 Å². The van der Waals surface area contributed by atoms with E-state index in [1.54, 1.807) is 22.5 Å². The van der Waals surface area contributed by atoms with Crippen LogP contribution >= 0.6 is 0 Å². The molecular formula is C13H20N2O2S. The molecule has 100 valence electrons. The third-order valence-electron chi connectivity index (χ3n) is 3.33. The molecule has 18 heavy (non-hydrogen) atoms. The maximum absolute atomic E-state index is 12.5. The highest BCUT2D eigenvalue weighted by Crippen LogP contribution is 2.27. The van der Waals surface area contributed by atoms with Gasteiger partial charge in [0.25, 0.3) is 0 Å². The Morgan fingerprint density at radius 1 is 1.22 bits per heavy atom. The summed E-state index contributed by atoms with van der Waals surface area (Å²) in [5.74, 6) is 0.814. The van der Waals surface area contributed by atoms with Crippen LogP contribution < -0.4 is 5.73 Å². The van der Waals surface area contributed by atoms with Crippen molar-refractivity contribution in [2.45, 2.75) is 25.2 Å². The van der Waals surface area contributed by atoms with E-state index in [9.17, 15) is 8.42 Å². The van der Waals surface area contributed by atoms with Gasteiger partial charge in [-0.3, -0.25) is 0 Å². The average molecular weight is 268 g/mol. The van der Waals surface area contributed by atoms with Crippen molar-refractivity contribution in [3.8, 4) is 0 Å². The molecule has 5 heteroatoms. The van der Waals surface area contributed by atoms with Gasteiger partial charge in [-0.05, 0) is 36.5 Å². The summed E-state index contributed by atoms with van der Waals surface area (Å²) in [6.07, 6.45) is 1.09. The smallest absolute Gasteiger partial charge is 0.243 e. The van der Waals surface area contributed by atoms with Crippen LogP contribution in [0.25, 0.3) is 0 Å². The highest BCUT2D eigenvalue weighted by Gasteiger charge is 2.31. The minimum Gasteiger partial charge on any atom is -0.399 e. The molecular weight excluding hydrogens is 248 g/mol. The standard InChI is InChI=1S/C13H20N2O2S/c1-10-6-11(2)9-15(8-10)18(16,17)13-5-3-4-12(14)7-13/h3-5,7,10-11H,6,8-9,14H2,1-2H3/t10-,11+. The van der Waals surface area contributed by atoms with Crippen LogP contribution in [-0.4, -0.2) is 25.8 Å². The molecule has 0 amide bonds. The lowest BCUT2D eigenvalue weighted by molar-refractivity contribution is 0.222. The lowest BCUT2D eigenvalue weighted by Crippen LogP contribution is -2.42. The molecule has 0 saturated carbocycles. The number of hydrogen-bond donors (Lipinski definition) is 1. The van der Waals surface area contributed by atoms with Gasteiger partial charge in [0, 0.05) is 18.8 Å². The fourth-order valence-corrected chi connectivity index (χ4v) is 4.36. The van der Waals surface area contributed by atoms with E-state index in [2.05, 4.69) is 13.8 Å². The van der Waals surface area contributed by atoms with Gasteiger partial charge in [0.1, 0.15) is 0 Å². The second kappa shape index (κ2) is 4.90. The predicted octanol–water partition coefficient (Wildman–Crippen LogP) is 1.94. The zero-order valence-corrected chi connectivity index (χ0v) is 11.7. The van der Waals surface area contributed by atoms with E-state index in [1.807, 2.05) is 0 Å².